The Hall–Kier alpha value is -4.87. The van der Waals surface area contributed by atoms with Crippen molar-refractivity contribution in [2.45, 2.75) is 37.5 Å². The molecule has 2 aromatic carbocycles. The number of pyridine rings is 2. The molecule has 0 saturated carbocycles. The molecule has 2 aromatic heterocycles. The zero-order valence-electron chi connectivity index (χ0n) is 27.7. The lowest BCUT2D eigenvalue weighted by Gasteiger charge is -2.19. The first-order valence-electron chi connectivity index (χ1n) is 15.3. The van der Waals surface area contributed by atoms with E-state index < -0.39 is 0 Å². The number of nitrogens with zero attached hydrogens (tertiary/aromatic N) is 2. The minimum absolute atomic E-state index is 0.0897. The Balaban J connectivity index is 0.000000125. The van der Waals surface area contributed by atoms with Gasteiger partial charge in [0.25, 0.3) is 5.91 Å². The SMILES string of the molecule is C=C1COc2ccc(C)nc2N1.C=C1CSc2ccc(C)cc2N1.C=C1CSc2ccc(C)nc2N1.Cc1ccc2c(c1)NC(=O)CO2. The third-order valence-electron chi connectivity index (χ3n) is 7.01. The Kier molecular flexibility index (Phi) is 11.4. The summed E-state index contributed by atoms with van der Waals surface area (Å²) in [7, 11) is 0. The number of fused-ring (bicyclic) bond motifs is 4. The second-order valence-corrected chi connectivity index (χ2v) is 13.5. The van der Waals surface area contributed by atoms with E-state index in [-0.39, 0.29) is 12.5 Å². The molecule has 4 N–H and O–H groups in total. The molecule has 0 unspecified atom stereocenters. The van der Waals surface area contributed by atoms with E-state index in [0.29, 0.717) is 6.61 Å². The van der Waals surface area contributed by atoms with Crippen LogP contribution in [-0.2, 0) is 4.79 Å². The van der Waals surface area contributed by atoms with Crippen molar-refractivity contribution in [3.05, 3.63) is 120 Å². The van der Waals surface area contributed by atoms with Gasteiger partial charge in [-0.25, -0.2) is 9.97 Å². The minimum atomic E-state index is -0.0897. The maximum atomic E-state index is 10.9. The Labute approximate surface area is 290 Å². The van der Waals surface area contributed by atoms with Gasteiger partial charge in [-0.15, -0.1) is 23.5 Å². The van der Waals surface area contributed by atoms with Crippen molar-refractivity contribution in [3.8, 4) is 11.5 Å². The lowest BCUT2D eigenvalue weighted by molar-refractivity contribution is -0.118. The van der Waals surface area contributed by atoms with E-state index in [2.05, 4.69) is 82.2 Å². The van der Waals surface area contributed by atoms with Crippen LogP contribution in [0.25, 0.3) is 0 Å². The number of thioether (sulfide) groups is 2. The molecule has 0 atom stereocenters. The molecule has 9 nitrogen and oxygen atoms in total. The number of rotatable bonds is 0. The molecule has 48 heavy (non-hydrogen) atoms. The van der Waals surface area contributed by atoms with Crippen LogP contribution in [0.15, 0.2) is 107 Å². The first-order chi connectivity index (χ1) is 23.0. The average Bonchev–Trinajstić information content (AvgIpc) is 3.05. The topological polar surface area (TPSA) is 109 Å². The summed E-state index contributed by atoms with van der Waals surface area (Å²) >= 11 is 3.62. The molecule has 4 aliphatic rings. The molecule has 0 aliphatic carbocycles. The minimum Gasteiger partial charge on any atom is -0.484 e. The predicted molar refractivity (Wildman–Crippen MR) is 200 cm³/mol. The van der Waals surface area contributed by atoms with Gasteiger partial charge in [0.15, 0.2) is 18.2 Å². The van der Waals surface area contributed by atoms with E-state index in [9.17, 15) is 4.79 Å². The van der Waals surface area contributed by atoms with Crippen molar-refractivity contribution in [2.75, 3.05) is 46.0 Å². The second kappa shape index (κ2) is 15.8. The molecule has 0 radical (unpaired) electrons. The third kappa shape index (κ3) is 9.58. The summed E-state index contributed by atoms with van der Waals surface area (Å²) in [5.74, 6) is 5.11. The fourth-order valence-corrected chi connectivity index (χ4v) is 6.32. The molecule has 11 heteroatoms. The van der Waals surface area contributed by atoms with Crippen LogP contribution in [0.4, 0.5) is 23.0 Å². The van der Waals surface area contributed by atoms with Crippen LogP contribution in [0.2, 0.25) is 0 Å². The molecule has 0 saturated heterocycles. The smallest absolute Gasteiger partial charge is 0.262 e. The van der Waals surface area contributed by atoms with Gasteiger partial charge in [-0.3, -0.25) is 4.79 Å². The average molecular weight is 681 g/mol. The molecule has 0 spiro atoms. The molecule has 0 fully saturated rings. The van der Waals surface area contributed by atoms with Gasteiger partial charge < -0.3 is 30.7 Å². The van der Waals surface area contributed by atoms with Crippen LogP contribution in [0.3, 0.4) is 0 Å². The summed E-state index contributed by atoms with van der Waals surface area (Å²) in [4.78, 5) is 22.1. The predicted octanol–water partition coefficient (Wildman–Crippen LogP) is 8.48. The van der Waals surface area contributed by atoms with E-state index in [1.807, 2.05) is 68.9 Å². The molecule has 4 aliphatic heterocycles. The number of carbonyl (C=O) groups is 1. The number of carbonyl (C=O) groups excluding carboxylic acids is 1. The highest BCUT2D eigenvalue weighted by Crippen LogP contribution is 2.35. The van der Waals surface area contributed by atoms with Gasteiger partial charge >= 0.3 is 0 Å². The number of aromatic nitrogens is 2. The van der Waals surface area contributed by atoms with Gasteiger partial charge in [0, 0.05) is 44.9 Å². The van der Waals surface area contributed by atoms with Crippen molar-refractivity contribution in [3.63, 3.8) is 0 Å². The van der Waals surface area contributed by atoms with Crippen molar-refractivity contribution < 1.29 is 14.3 Å². The molecule has 4 aromatic rings. The lowest BCUT2D eigenvalue weighted by atomic mass is 10.2. The summed E-state index contributed by atoms with van der Waals surface area (Å²) in [6, 6.07) is 20.1. The number of ether oxygens (including phenoxy) is 2. The summed E-state index contributed by atoms with van der Waals surface area (Å²) in [5.41, 5.74) is 9.36. The molecule has 6 heterocycles. The van der Waals surface area contributed by atoms with E-state index in [4.69, 9.17) is 9.47 Å². The van der Waals surface area contributed by atoms with E-state index in [0.717, 1.165) is 74.4 Å². The Morgan fingerprint density at radius 2 is 1.17 bits per heavy atom. The highest BCUT2D eigenvalue weighted by Gasteiger charge is 2.15. The molecule has 0 bridgehead atoms. The fourth-order valence-electron chi connectivity index (χ4n) is 4.69. The van der Waals surface area contributed by atoms with Gasteiger partial charge in [0.1, 0.15) is 18.2 Å². The van der Waals surface area contributed by atoms with Crippen molar-refractivity contribution in [1.29, 1.82) is 0 Å². The Bertz CT molecular complexity index is 1610. The van der Waals surface area contributed by atoms with Crippen molar-refractivity contribution in [2.24, 2.45) is 0 Å². The normalized spacial score (nSPS) is 14.9. The van der Waals surface area contributed by atoms with Gasteiger partial charge in [-0.2, -0.15) is 0 Å². The molecular weight excluding hydrogens is 641 g/mol. The van der Waals surface area contributed by atoms with E-state index in [1.165, 1.54) is 21.0 Å². The van der Waals surface area contributed by atoms with Crippen molar-refractivity contribution in [1.82, 2.24) is 9.97 Å². The standard InChI is InChI=1S/C10H11NS.C9H10N2O.C9H10N2S.C9H9NO2/c1-7-3-4-10-9(5-7)11-8(2)6-12-10;2*1-6-3-4-8-9(10-6)11-7(2)5-12-8;1-6-2-3-8-7(4-6)10-9(11)5-12-8/h3-5,11H,2,6H2,1H3;2*3-4H,2,5H2,1H3,(H,10,11);2-4H,5H2,1H3,(H,10,11). The van der Waals surface area contributed by atoms with Crippen LogP contribution in [0, 0.1) is 27.7 Å². The first kappa shape index (κ1) is 34.5. The second-order valence-electron chi connectivity index (χ2n) is 11.5. The van der Waals surface area contributed by atoms with Crippen LogP contribution in [-0.4, -0.2) is 40.6 Å². The number of anilines is 4. The molecular formula is C37H40N6O3S2. The molecule has 248 valence electrons. The highest BCUT2D eigenvalue weighted by atomic mass is 32.2. The van der Waals surface area contributed by atoms with E-state index >= 15 is 0 Å². The van der Waals surface area contributed by atoms with Crippen LogP contribution in [0.1, 0.15) is 22.5 Å². The number of benzene rings is 2. The van der Waals surface area contributed by atoms with E-state index in [1.54, 1.807) is 11.8 Å². The third-order valence-corrected chi connectivity index (χ3v) is 9.30. The zero-order valence-corrected chi connectivity index (χ0v) is 29.3. The Morgan fingerprint density at radius 1 is 0.604 bits per heavy atom. The molecule has 1 amide bonds. The largest absolute Gasteiger partial charge is 0.484 e. The number of amides is 1. The number of hydrogen-bond acceptors (Lipinski definition) is 10. The maximum absolute atomic E-state index is 10.9. The van der Waals surface area contributed by atoms with Gasteiger partial charge in [0.2, 0.25) is 0 Å². The van der Waals surface area contributed by atoms with Gasteiger partial charge in [0.05, 0.1) is 16.3 Å². The lowest BCUT2D eigenvalue weighted by Crippen LogP contribution is -2.25. The monoisotopic (exact) mass is 680 g/mol. The van der Waals surface area contributed by atoms with Crippen LogP contribution >= 0.6 is 23.5 Å². The van der Waals surface area contributed by atoms with Crippen LogP contribution in [0.5, 0.6) is 11.5 Å². The van der Waals surface area contributed by atoms with Gasteiger partial charge in [-0.1, -0.05) is 31.9 Å². The van der Waals surface area contributed by atoms with Crippen LogP contribution < -0.4 is 30.7 Å². The van der Waals surface area contributed by atoms with Crippen molar-refractivity contribution >= 4 is 52.4 Å². The summed E-state index contributed by atoms with van der Waals surface area (Å²) < 4.78 is 10.5. The first-order valence-corrected chi connectivity index (χ1v) is 17.3. The summed E-state index contributed by atoms with van der Waals surface area (Å²) in [6.45, 7) is 20.2. The number of nitrogens with one attached hydrogen (secondary N) is 4. The number of aryl methyl sites for hydroxylation is 4. The summed E-state index contributed by atoms with van der Waals surface area (Å²) in [6.07, 6.45) is 0. The summed E-state index contributed by atoms with van der Waals surface area (Å²) in [5, 5.41) is 12.3. The van der Waals surface area contributed by atoms with Gasteiger partial charge in [-0.05, 0) is 87.4 Å². The zero-order chi connectivity index (χ0) is 34.2. The maximum Gasteiger partial charge on any atom is 0.262 e. The Morgan fingerprint density at radius 3 is 1.94 bits per heavy atom. The quantitative estimate of drug-likeness (QED) is 0.144. The fraction of sp³-hybridized carbons (Fsp3) is 0.216. The molecule has 8 rings (SSSR count). The number of hydrogen-bond donors (Lipinski definition) is 4. The highest BCUT2D eigenvalue weighted by molar-refractivity contribution is 8.00.